The van der Waals surface area contributed by atoms with Crippen molar-refractivity contribution < 1.29 is 5.11 Å². The molecule has 0 aliphatic carbocycles. The quantitative estimate of drug-likeness (QED) is 0.783. The van der Waals surface area contributed by atoms with Crippen molar-refractivity contribution in [2.45, 2.75) is 20.0 Å². The van der Waals surface area contributed by atoms with Crippen LogP contribution in [0.4, 0.5) is 0 Å². The van der Waals surface area contributed by atoms with Crippen molar-refractivity contribution in [3.8, 4) is 0 Å². The summed E-state index contributed by atoms with van der Waals surface area (Å²) in [6.07, 6.45) is 2.69. The summed E-state index contributed by atoms with van der Waals surface area (Å²) in [6, 6.07) is 5.98. The number of nitrogens with one attached hydrogen (secondary N) is 1. The van der Waals surface area contributed by atoms with Crippen molar-refractivity contribution in [2.24, 2.45) is 0 Å². The lowest BCUT2D eigenvalue weighted by Gasteiger charge is -2.14. The number of rotatable bonds is 2. The smallest absolute Gasteiger partial charge is 0.139 e. The number of imidazole rings is 1. The molecule has 0 spiro atoms. The average Bonchev–Trinajstić information content (AvgIpc) is 2.69. The lowest BCUT2D eigenvalue weighted by Crippen LogP contribution is -2.06. The highest BCUT2D eigenvalue weighted by molar-refractivity contribution is 5.37. The van der Waals surface area contributed by atoms with Gasteiger partial charge in [-0.1, -0.05) is 18.2 Å². The van der Waals surface area contributed by atoms with Crippen LogP contribution in [0.2, 0.25) is 0 Å². The monoisotopic (exact) mass is 202 g/mol. The summed E-state index contributed by atoms with van der Waals surface area (Å²) in [5, 5.41) is 10.1. The van der Waals surface area contributed by atoms with Crippen LogP contribution in [0, 0.1) is 13.8 Å². The van der Waals surface area contributed by atoms with E-state index >= 15 is 0 Å². The molecule has 2 N–H and O–H groups in total. The number of aliphatic hydroxyl groups excluding tert-OH is 1. The van der Waals surface area contributed by atoms with Gasteiger partial charge in [-0.15, -0.1) is 0 Å². The third kappa shape index (κ3) is 1.78. The first kappa shape index (κ1) is 9.93. The fraction of sp³-hybridized carbons (Fsp3) is 0.250. The van der Waals surface area contributed by atoms with E-state index in [0.29, 0.717) is 5.82 Å². The summed E-state index contributed by atoms with van der Waals surface area (Å²) >= 11 is 0. The second-order valence-corrected chi connectivity index (χ2v) is 3.68. The van der Waals surface area contributed by atoms with Crippen LogP contribution in [0.5, 0.6) is 0 Å². The van der Waals surface area contributed by atoms with E-state index in [1.54, 1.807) is 12.4 Å². The normalized spacial score (nSPS) is 12.7. The van der Waals surface area contributed by atoms with Crippen LogP contribution in [0.3, 0.4) is 0 Å². The molecule has 1 aromatic carbocycles. The topological polar surface area (TPSA) is 48.9 Å². The Morgan fingerprint density at radius 2 is 1.93 bits per heavy atom. The number of nitrogens with zero attached hydrogens (tertiary/aromatic N) is 1. The second kappa shape index (κ2) is 3.87. The van der Waals surface area contributed by atoms with Crippen molar-refractivity contribution >= 4 is 0 Å². The minimum atomic E-state index is -0.666. The van der Waals surface area contributed by atoms with Crippen molar-refractivity contribution in [1.29, 1.82) is 0 Å². The molecule has 0 amide bonds. The van der Waals surface area contributed by atoms with E-state index in [4.69, 9.17) is 0 Å². The Bertz CT molecular complexity index is 428. The van der Waals surface area contributed by atoms with Gasteiger partial charge >= 0.3 is 0 Å². The molecule has 0 bridgehead atoms. The zero-order valence-electron chi connectivity index (χ0n) is 8.86. The molecule has 15 heavy (non-hydrogen) atoms. The Kier molecular flexibility index (Phi) is 2.56. The lowest BCUT2D eigenvalue weighted by atomic mass is 9.98. The molecule has 0 aliphatic rings. The van der Waals surface area contributed by atoms with Gasteiger partial charge in [-0.05, 0) is 30.5 Å². The van der Waals surface area contributed by atoms with E-state index in [1.165, 1.54) is 0 Å². The van der Waals surface area contributed by atoms with Gasteiger partial charge in [-0.25, -0.2) is 4.98 Å². The maximum Gasteiger partial charge on any atom is 0.139 e. The number of aliphatic hydroxyl groups is 1. The third-order valence-corrected chi connectivity index (χ3v) is 2.59. The first-order valence-corrected chi connectivity index (χ1v) is 4.93. The van der Waals surface area contributed by atoms with E-state index in [9.17, 15) is 5.11 Å². The van der Waals surface area contributed by atoms with Crippen molar-refractivity contribution in [1.82, 2.24) is 9.97 Å². The van der Waals surface area contributed by atoms with E-state index in [2.05, 4.69) is 9.97 Å². The zero-order chi connectivity index (χ0) is 10.8. The number of benzene rings is 1. The van der Waals surface area contributed by atoms with Crippen molar-refractivity contribution in [3.63, 3.8) is 0 Å². The van der Waals surface area contributed by atoms with Crippen LogP contribution in [0.1, 0.15) is 28.6 Å². The summed E-state index contributed by atoms with van der Waals surface area (Å²) in [5.74, 6) is 0.590. The van der Waals surface area contributed by atoms with Gasteiger partial charge in [0.25, 0.3) is 0 Å². The highest BCUT2D eigenvalue weighted by Gasteiger charge is 2.16. The van der Waals surface area contributed by atoms with Gasteiger partial charge in [0.05, 0.1) is 0 Å². The first-order valence-electron chi connectivity index (χ1n) is 4.93. The van der Waals surface area contributed by atoms with Gasteiger partial charge < -0.3 is 10.1 Å². The lowest BCUT2D eigenvalue weighted by molar-refractivity contribution is 0.209. The van der Waals surface area contributed by atoms with Gasteiger partial charge in [0.1, 0.15) is 11.9 Å². The maximum atomic E-state index is 10.1. The van der Waals surface area contributed by atoms with E-state index in [0.717, 1.165) is 16.7 Å². The molecule has 3 heteroatoms. The molecular weight excluding hydrogens is 188 g/mol. The molecule has 3 nitrogen and oxygen atoms in total. The third-order valence-electron chi connectivity index (χ3n) is 2.59. The number of aryl methyl sites for hydroxylation is 2. The van der Waals surface area contributed by atoms with Gasteiger partial charge in [0.15, 0.2) is 0 Å². The Hall–Kier alpha value is -1.61. The number of aromatic amines is 1. The van der Waals surface area contributed by atoms with Crippen LogP contribution >= 0.6 is 0 Å². The van der Waals surface area contributed by atoms with Crippen LogP contribution in [-0.2, 0) is 0 Å². The highest BCUT2D eigenvalue weighted by atomic mass is 16.3. The van der Waals surface area contributed by atoms with E-state index in [-0.39, 0.29) is 0 Å². The highest BCUT2D eigenvalue weighted by Crippen LogP contribution is 2.25. The van der Waals surface area contributed by atoms with Crippen molar-refractivity contribution in [3.05, 3.63) is 53.1 Å². The SMILES string of the molecule is Cc1cccc(C)c1C(O)c1ncc[nH]1. The molecule has 78 valence electrons. The summed E-state index contributed by atoms with van der Waals surface area (Å²) in [6.45, 7) is 3.99. The molecule has 0 saturated heterocycles. The summed E-state index contributed by atoms with van der Waals surface area (Å²) in [4.78, 5) is 7.00. The van der Waals surface area contributed by atoms with Crippen LogP contribution in [-0.4, -0.2) is 15.1 Å². The van der Waals surface area contributed by atoms with Crippen LogP contribution in [0.25, 0.3) is 0 Å². The minimum Gasteiger partial charge on any atom is -0.380 e. The molecule has 2 rings (SSSR count). The van der Waals surface area contributed by atoms with E-state index in [1.807, 2.05) is 32.0 Å². The molecule has 0 saturated carbocycles. The molecule has 0 aliphatic heterocycles. The molecule has 2 aromatic rings. The Balaban J connectivity index is 2.46. The average molecular weight is 202 g/mol. The maximum absolute atomic E-state index is 10.1. The summed E-state index contributed by atoms with van der Waals surface area (Å²) in [7, 11) is 0. The molecule has 0 radical (unpaired) electrons. The summed E-state index contributed by atoms with van der Waals surface area (Å²) in [5.41, 5.74) is 3.10. The number of H-pyrrole nitrogens is 1. The largest absolute Gasteiger partial charge is 0.380 e. The van der Waals surface area contributed by atoms with Gasteiger partial charge in [-0.3, -0.25) is 0 Å². The summed E-state index contributed by atoms with van der Waals surface area (Å²) < 4.78 is 0. The second-order valence-electron chi connectivity index (χ2n) is 3.68. The fourth-order valence-corrected chi connectivity index (χ4v) is 1.82. The molecule has 0 fully saturated rings. The predicted molar refractivity (Wildman–Crippen MR) is 58.6 cm³/mol. The van der Waals surface area contributed by atoms with Gasteiger partial charge in [0.2, 0.25) is 0 Å². The Morgan fingerprint density at radius 1 is 1.27 bits per heavy atom. The number of aromatic nitrogens is 2. The van der Waals surface area contributed by atoms with Crippen molar-refractivity contribution in [2.75, 3.05) is 0 Å². The molecule has 1 heterocycles. The number of hydrogen-bond acceptors (Lipinski definition) is 2. The molecule has 1 aromatic heterocycles. The zero-order valence-corrected chi connectivity index (χ0v) is 8.86. The van der Waals surface area contributed by atoms with E-state index < -0.39 is 6.10 Å². The van der Waals surface area contributed by atoms with Crippen LogP contribution < -0.4 is 0 Å². The van der Waals surface area contributed by atoms with Gasteiger partial charge in [0, 0.05) is 12.4 Å². The molecular formula is C12H14N2O. The molecule has 1 atom stereocenters. The Labute approximate surface area is 88.8 Å². The number of hydrogen-bond donors (Lipinski definition) is 2. The first-order chi connectivity index (χ1) is 7.20. The Morgan fingerprint density at radius 3 is 2.47 bits per heavy atom. The standard InChI is InChI=1S/C12H14N2O/c1-8-4-3-5-9(2)10(8)11(15)12-13-6-7-14-12/h3-7,11,15H,1-2H3,(H,13,14). The van der Waals surface area contributed by atoms with Gasteiger partial charge in [-0.2, -0.15) is 0 Å². The fourth-order valence-electron chi connectivity index (χ4n) is 1.82. The van der Waals surface area contributed by atoms with Crippen LogP contribution in [0.15, 0.2) is 30.6 Å². The molecule has 1 unspecified atom stereocenters. The minimum absolute atomic E-state index is 0.590. The predicted octanol–water partition coefficient (Wildman–Crippen LogP) is 2.11.